The van der Waals surface area contributed by atoms with Crippen molar-refractivity contribution in [1.82, 2.24) is 5.32 Å². The summed E-state index contributed by atoms with van der Waals surface area (Å²) in [5.41, 5.74) is 4.94. The van der Waals surface area contributed by atoms with Crippen molar-refractivity contribution in [2.45, 2.75) is 32.9 Å². The number of hydrogen-bond donors (Lipinski definition) is 3. The zero-order valence-electron chi connectivity index (χ0n) is 23.8. The highest BCUT2D eigenvalue weighted by Crippen LogP contribution is 2.35. The van der Waals surface area contributed by atoms with E-state index in [2.05, 4.69) is 10.6 Å². The molecule has 0 aliphatic carbocycles. The fourth-order valence-corrected chi connectivity index (χ4v) is 4.59. The van der Waals surface area contributed by atoms with Gasteiger partial charge in [0.1, 0.15) is 12.4 Å². The van der Waals surface area contributed by atoms with Crippen LogP contribution in [0.3, 0.4) is 0 Å². The van der Waals surface area contributed by atoms with E-state index in [1.807, 2.05) is 55.5 Å². The van der Waals surface area contributed by atoms with Crippen LogP contribution in [0, 0.1) is 0 Å². The van der Waals surface area contributed by atoms with Crippen molar-refractivity contribution in [2.24, 2.45) is 0 Å². The van der Waals surface area contributed by atoms with Crippen LogP contribution < -0.4 is 15.4 Å². The van der Waals surface area contributed by atoms with E-state index in [9.17, 15) is 19.5 Å². The highest BCUT2D eigenvalue weighted by molar-refractivity contribution is 6.30. The van der Waals surface area contributed by atoms with Gasteiger partial charge in [-0.3, -0.25) is 14.4 Å². The van der Waals surface area contributed by atoms with E-state index >= 15 is 0 Å². The van der Waals surface area contributed by atoms with Crippen LogP contribution in [0.5, 0.6) is 5.75 Å². The first-order chi connectivity index (χ1) is 20.8. The number of esters is 1. The van der Waals surface area contributed by atoms with Crippen molar-refractivity contribution in [2.75, 3.05) is 18.5 Å². The van der Waals surface area contributed by atoms with Crippen molar-refractivity contribution in [1.29, 1.82) is 0 Å². The molecule has 0 heterocycles. The minimum Gasteiger partial charge on any atom is -0.493 e. The van der Waals surface area contributed by atoms with Gasteiger partial charge in [-0.05, 0) is 77.7 Å². The lowest BCUT2D eigenvalue weighted by Gasteiger charge is -2.17. The summed E-state index contributed by atoms with van der Waals surface area (Å²) in [7, 11) is 0. The third-order valence-electron chi connectivity index (χ3n) is 6.52. The Morgan fingerprint density at radius 1 is 0.860 bits per heavy atom. The van der Waals surface area contributed by atoms with E-state index in [0.29, 0.717) is 47.3 Å². The molecule has 0 radical (unpaired) electrons. The summed E-state index contributed by atoms with van der Waals surface area (Å²) in [6, 6.07) is 26.9. The van der Waals surface area contributed by atoms with Gasteiger partial charge in [-0.2, -0.15) is 0 Å². The summed E-state index contributed by atoms with van der Waals surface area (Å²) in [4.78, 5) is 36.6. The van der Waals surface area contributed by atoms with Crippen LogP contribution in [-0.2, 0) is 33.9 Å². The maximum absolute atomic E-state index is 12.9. The first-order valence-corrected chi connectivity index (χ1v) is 14.3. The van der Waals surface area contributed by atoms with Gasteiger partial charge in [0.2, 0.25) is 0 Å². The molecule has 0 unspecified atom stereocenters. The Morgan fingerprint density at radius 2 is 1.63 bits per heavy atom. The number of carbonyl (C=O) groups excluding carboxylic acids is 2. The van der Waals surface area contributed by atoms with Crippen molar-refractivity contribution in [3.05, 3.63) is 118 Å². The fourth-order valence-electron chi connectivity index (χ4n) is 4.46. The number of carboxylic acids is 1. The van der Waals surface area contributed by atoms with Crippen LogP contribution in [0.1, 0.15) is 40.4 Å². The third kappa shape index (κ3) is 9.43. The predicted molar refractivity (Wildman–Crippen MR) is 166 cm³/mol. The fraction of sp³-hybridized carbons (Fsp3) is 0.206. The molecule has 222 valence electrons. The summed E-state index contributed by atoms with van der Waals surface area (Å²) in [5.74, 6) is -0.930. The summed E-state index contributed by atoms with van der Waals surface area (Å²) in [5, 5.41) is 16.1. The van der Waals surface area contributed by atoms with Gasteiger partial charge in [0.05, 0.1) is 19.4 Å². The van der Waals surface area contributed by atoms with E-state index in [1.54, 1.807) is 42.5 Å². The second-order valence-electron chi connectivity index (χ2n) is 9.74. The molecule has 43 heavy (non-hydrogen) atoms. The molecule has 0 atom stereocenters. The number of benzene rings is 4. The van der Waals surface area contributed by atoms with Crippen LogP contribution in [-0.4, -0.2) is 36.1 Å². The number of carboxylic acid groups (broad SMARTS) is 1. The van der Waals surface area contributed by atoms with Gasteiger partial charge in [-0.1, -0.05) is 54.1 Å². The highest BCUT2D eigenvalue weighted by atomic mass is 35.5. The summed E-state index contributed by atoms with van der Waals surface area (Å²) in [6.45, 7) is 3.25. The predicted octanol–water partition coefficient (Wildman–Crippen LogP) is 6.51. The quantitative estimate of drug-likeness (QED) is 0.112. The number of halogens is 1. The zero-order valence-corrected chi connectivity index (χ0v) is 24.5. The van der Waals surface area contributed by atoms with Gasteiger partial charge in [0.15, 0.2) is 0 Å². The van der Waals surface area contributed by atoms with E-state index in [4.69, 9.17) is 21.1 Å². The van der Waals surface area contributed by atoms with E-state index in [-0.39, 0.29) is 31.3 Å². The molecule has 4 aromatic carbocycles. The van der Waals surface area contributed by atoms with E-state index < -0.39 is 5.97 Å². The van der Waals surface area contributed by atoms with Crippen LogP contribution in [0.15, 0.2) is 91.0 Å². The second kappa shape index (κ2) is 15.5. The van der Waals surface area contributed by atoms with Crippen molar-refractivity contribution in [3.63, 3.8) is 0 Å². The normalized spacial score (nSPS) is 10.7. The van der Waals surface area contributed by atoms with Crippen molar-refractivity contribution >= 4 is 35.1 Å². The summed E-state index contributed by atoms with van der Waals surface area (Å²) < 4.78 is 11.3. The van der Waals surface area contributed by atoms with Crippen LogP contribution in [0.2, 0.25) is 5.02 Å². The maximum atomic E-state index is 12.9. The molecule has 0 bridgehead atoms. The number of anilines is 1. The molecule has 8 nitrogen and oxygen atoms in total. The molecule has 4 rings (SSSR count). The van der Waals surface area contributed by atoms with E-state index in [0.717, 1.165) is 22.3 Å². The molecular weight excluding hydrogens is 568 g/mol. The maximum Gasteiger partial charge on any atom is 0.307 e. The molecule has 0 aromatic heterocycles. The standard InChI is InChI=1S/C34H33ClN2O6/c1-2-42-31-15-8-24(19-32(38)39)18-30(31)29-14-13-28(37-34(41)25-9-11-27(35)12-10-25)20-26(29)21-36-17-16-33(40)43-22-23-6-4-3-5-7-23/h3-15,18,20,36H,2,16-17,19,21-22H2,1H3,(H,37,41)(H,38,39). The smallest absolute Gasteiger partial charge is 0.307 e. The van der Waals surface area contributed by atoms with Gasteiger partial charge in [0, 0.05) is 34.9 Å². The van der Waals surface area contributed by atoms with Crippen molar-refractivity contribution < 1.29 is 29.0 Å². The first kappa shape index (κ1) is 31.3. The average Bonchev–Trinajstić information content (AvgIpc) is 3.00. The SMILES string of the molecule is CCOc1ccc(CC(=O)O)cc1-c1ccc(NC(=O)c2ccc(Cl)cc2)cc1CNCCC(=O)OCc1ccccc1. The number of aliphatic carboxylic acids is 1. The number of rotatable bonds is 14. The number of ether oxygens (including phenoxy) is 2. The Morgan fingerprint density at radius 3 is 2.35 bits per heavy atom. The summed E-state index contributed by atoms with van der Waals surface area (Å²) >= 11 is 5.96. The minimum absolute atomic E-state index is 0.132. The molecule has 0 aliphatic heterocycles. The van der Waals surface area contributed by atoms with E-state index in [1.165, 1.54) is 0 Å². The Bertz CT molecular complexity index is 1560. The number of hydrogen-bond acceptors (Lipinski definition) is 6. The van der Waals surface area contributed by atoms with Gasteiger partial charge in [0.25, 0.3) is 5.91 Å². The minimum atomic E-state index is -0.934. The van der Waals surface area contributed by atoms with Crippen LogP contribution in [0.25, 0.3) is 11.1 Å². The topological polar surface area (TPSA) is 114 Å². The molecule has 0 saturated carbocycles. The molecular formula is C34H33ClN2O6. The van der Waals surface area contributed by atoms with Gasteiger partial charge in [-0.25, -0.2) is 0 Å². The lowest BCUT2D eigenvalue weighted by Crippen LogP contribution is -2.20. The molecule has 1 amide bonds. The van der Waals surface area contributed by atoms with Crippen LogP contribution >= 0.6 is 11.6 Å². The Labute approximate surface area is 255 Å². The van der Waals surface area contributed by atoms with Gasteiger partial charge in [-0.15, -0.1) is 0 Å². The highest BCUT2D eigenvalue weighted by Gasteiger charge is 2.16. The molecule has 0 aliphatic rings. The molecule has 3 N–H and O–H groups in total. The Kier molecular flexibility index (Phi) is 11.3. The lowest BCUT2D eigenvalue weighted by atomic mass is 9.95. The lowest BCUT2D eigenvalue weighted by molar-refractivity contribution is -0.144. The van der Waals surface area contributed by atoms with Gasteiger partial charge >= 0.3 is 11.9 Å². The largest absolute Gasteiger partial charge is 0.493 e. The third-order valence-corrected chi connectivity index (χ3v) is 6.77. The zero-order chi connectivity index (χ0) is 30.6. The number of amides is 1. The molecule has 0 fully saturated rings. The first-order valence-electron chi connectivity index (χ1n) is 13.9. The van der Waals surface area contributed by atoms with Gasteiger partial charge < -0.3 is 25.2 Å². The molecule has 9 heteroatoms. The number of carbonyl (C=O) groups is 3. The molecule has 0 saturated heterocycles. The van der Waals surface area contributed by atoms with Crippen LogP contribution in [0.4, 0.5) is 5.69 Å². The number of nitrogens with one attached hydrogen (secondary N) is 2. The Balaban J connectivity index is 1.54. The monoisotopic (exact) mass is 600 g/mol. The molecule has 4 aromatic rings. The second-order valence-corrected chi connectivity index (χ2v) is 10.2. The molecule has 0 spiro atoms. The summed E-state index contributed by atoms with van der Waals surface area (Å²) in [6.07, 6.45) is 0.0424. The Hall–Kier alpha value is -4.66. The average molecular weight is 601 g/mol. The van der Waals surface area contributed by atoms with Crippen molar-refractivity contribution in [3.8, 4) is 16.9 Å².